The molecule has 0 fully saturated rings. The minimum atomic E-state index is -0.336. The molecule has 0 radical (unpaired) electrons. The molecule has 0 unspecified atom stereocenters. The van der Waals surface area contributed by atoms with Crippen LogP contribution in [0, 0.1) is 0 Å². The molecule has 4 N–H and O–H groups in total. The van der Waals surface area contributed by atoms with Crippen LogP contribution in [0.5, 0.6) is 0 Å². The van der Waals surface area contributed by atoms with Gasteiger partial charge in [-0.15, -0.1) is 0 Å². The van der Waals surface area contributed by atoms with E-state index in [1.165, 1.54) is 22.3 Å². The number of halogens is 1. The van der Waals surface area contributed by atoms with Gasteiger partial charge in [0.25, 0.3) is 5.91 Å². The molecule has 0 saturated heterocycles. The molecule has 1 aliphatic heterocycles. The van der Waals surface area contributed by atoms with Crippen molar-refractivity contribution >= 4 is 42.4 Å². The Hall–Kier alpha value is -1.90. The Labute approximate surface area is 162 Å². The molecule has 0 atom stereocenters. The molecular formula is C19H22IN3O3. The summed E-state index contributed by atoms with van der Waals surface area (Å²) in [7, 11) is 0. The number of hydrogen-bond donors (Lipinski definition) is 4. The highest BCUT2D eigenvalue weighted by atomic mass is 127. The number of rotatable bonds is 3. The lowest BCUT2D eigenvalue weighted by atomic mass is 9.99. The van der Waals surface area contributed by atoms with Crippen molar-refractivity contribution in [3.63, 3.8) is 0 Å². The number of aliphatic hydroxyl groups excluding tert-OH is 1. The standard InChI is InChI=1S/C19H22IN3O3/c24-16(15-8-20-10-22-18(15)25)9-21-19(26)23-17-13-5-1-3-11(13)7-12-4-2-6-14(12)17/h7-8,24H,1-6,9-10H2,(H,22,25)(H2,21,23,26). The lowest BCUT2D eigenvalue weighted by Gasteiger charge is -2.17. The molecule has 1 aromatic rings. The number of carbonyl (C=O) groups is 2. The molecule has 2 aliphatic carbocycles. The SMILES string of the molecule is O=C(NCC(O)=C1C=ICNC1=O)Nc1c2c(cc3c1CCC3)CCC2. The van der Waals surface area contributed by atoms with Gasteiger partial charge in [-0.25, -0.2) is 4.79 Å². The van der Waals surface area contributed by atoms with Gasteiger partial charge in [0.2, 0.25) is 0 Å². The number of nitrogens with one attached hydrogen (secondary N) is 3. The topological polar surface area (TPSA) is 90.5 Å². The Bertz CT molecular complexity index is 813. The Morgan fingerprint density at radius 1 is 1.15 bits per heavy atom. The normalized spacial score (nSPS) is 19.9. The minimum absolute atomic E-state index is 0.0496. The monoisotopic (exact) mass is 467 g/mol. The van der Waals surface area contributed by atoms with Crippen LogP contribution in [-0.4, -0.2) is 32.2 Å². The third-order valence-corrected chi connectivity index (χ3v) is 7.06. The molecular weight excluding hydrogens is 445 g/mol. The number of fused-ring (bicyclic) bond motifs is 2. The summed E-state index contributed by atoms with van der Waals surface area (Å²) in [5.74, 6) is -0.352. The van der Waals surface area contributed by atoms with Crippen LogP contribution < -0.4 is 16.0 Å². The van der Waals surface area contributed by atoms with Crippen LogP contribution >= 0.6 is 20.7 Å². The largest absolute Gasteiger partial charge is 0.510 e. The molecule has 4 rings (SSSR count). The molecule has 1 heterocycles. The number of amides is 3. The number of aryl methyl sites for hydroxylation is 2. The van der Waals surface area contributed by atoms with Gasteiger partial charge in [-0.05, 0) is 64.8 Å². The molecule has 1 aromatic carbocycles. The second-order valence-corrected chi connectivity index (χ2v) is 9.07. The smallest absolute Gasteiger partial charge is 0.319 e. The van der Waals surface area contributed by atoms with Crippen molar-refractivity contribution in [2.45, 2.75) is 38.5 Å². The summed E-state index contributed by atoms with van der Waals surface area (Å²) in [4.78, 5) is 24.2. The molecule has 3 aliphatic rings. The van der Waals surface area contributed by atoms with Gasteiger partial charge in [-0.1, -0.05) is 26.8 Å². The van der Waals surface area contributed by atoms with Gasteiger partial charge in [-0.3, -0.25) is 4.79 Å². The first kappa shape index (κ1) is 17.5. The molecule has 138 valence electrons. The van der Waals surface area contributed by atoms with Gasteiger partial charge >= 0.3 is 6.03 Å². The van der Waals surface area contributed by atoms with Crippen LogP contribution in [0.2, 0.25) is 0 Å². The molecule has 6 nitrogen and oxygen atoms in total. The van der Waals surface area contributed by atoms with E-state index in [0.29, 0.717) is 10.1 Å². The summed E-state index contributed by atoms with van der Waals surface area (Å²) >= 11 is -0.264. The average molecular weight is 467 g/mol. The second-order valence-electron chi connectivity index (χ2n) is 6.81. The summed E-state index contributed by atoms with van der Waals surface area (Å²) < 4.78 is 2.50. The van der Waals surface area contributed by atoms with E-state index in [4.69, 9.17) is 0 Å². The fourth-order valence-corrected chi connectivity index (χ4v) is 5.81. The maximum atomic E-state index is 12.4. The van der Waals surface area contributed by atoms with E-state index < -0.39 is 0 Å². The van der Waals surface area contributed by atoms with Crippen LogP contribution in [0.3, 0.4) is 0 Å². The van der Waals surface area contributed by atoms with Crippen molar-refractivity contribution in [2.75, 3.05) is 16.4 Å². The maximum absolute atomic E-state index is 12.4. The molecule has 26 heavy (non-hydrogen) atoms. The number of anilines is 1. The summed E-state index contributed by atoms with van der Waals surface area (Å²) in [6.45, 7) is -0.0496. The van der Waals surface area contributed by atoms with Crippen LogP contribution in [0.1, 0.15) is 35.1 Å². The predicted molar refractivity (Wildman–Crippen MR) is 110 cm³/mol. The highest BCUT2D eigenvalue weighted by Gasteiger charge is 2.25. The van der Waals surface area contributed by atoms with Crippen molar-refractivity contribution in [3.8, 4) is 0 Å². The third kappa shape index (κ3) is 3.36. The molecule has 0 bridgehead atoms. The molecule has 0 aromatic heterocycles. The first-order valence-electron chi connectivity index (χ1n) is 8.96. The fraction of sp³-hybridized carbons (Fsp3) is 0.421. The van der Waals surface area contributed by atoms with E-state index in [1.54, 1.807) is 0 Å². The van der Waals surface area contributed by atoms with E-state index in [1.807, 2.05) is 4.01 Å². The zero-order chi connectivity index (χ0) is 18.1. The minimum Gasteiger partial charge on any atom is -0.510 e. The summed E-state index contributed by atoms with van der Waals surface area (Å²) in [5, 5.41) is 18.6. The van der Waals surface area contributed by atoms with Crippen LogP contribution in [-0.2, 0) is 30.5 Å². The van der Waals surface area contributed by atoms with Gasteiger partial charge in [-0.2, -0.15) is 0 Å². The van der Waals surface area contributed by atoms with Crippen molar-refractivity contribution in [3.05, 3.63) is 39.7 Å². The fourth-order valence-electron chi connectivity index (χ4n) is 3.94. The molecule has 0 spiro atoms. The molecule has 3 amide bonds. The lowest BCUT2D eigenvalue weighted by molar-refractivity contribution is -0.116. The maximum Gasteiger partial charge on any atom is 0.319 e. The first-order valence-corrected chi connectivity index (χ1v) is 11.7. The molecule has 0 saturated carbocycles. The van der Waals surface area contributed by atoms with E-state index in [-0.39, 0.29) is 45.0 Å². The van der Waals surface area contributed by atoms with E-state index in [9.17, 15) is 14.7 Å². The summed E-state index contributed by atoms with van der Waals surface area (Å²) in [6.07, 6.45) is 6.45. The van der Waals surface area contributed by atoms with Gasteiger partial charge in [0.1, 0.15) is 5.76 Å². The predicted octanol–water partition coefficient (Wildman–Crippen LogP) is 2.46. The summed E-state index contributed by atoms with van der Waals surface area (Å²) in [6, 6.07) is 1.99. The first-order chi connectivity index (χ1) is 12.6. The van der Waals surface area contributed by atoms with Crippen molar-refractivity contribution in [1.82, 2.24) is 10.6 Å². The van der Waals surface area contributed by atoms with Crippen LogP contribution in [0.25, 0.3) is 0 Å². The number of hydrogen-bond acceptors (Lipinski definition) is 3. The van der Waals surface area contributed by atoms with E-state index >= 15 is 0 Å². The van der Waals surface area contributed by atoms with Crippen LogP contribution in [0.4, 0.5) is 10.5 Å². The van der Waals surface area contributed by atoms with Gasteiger partial charge < -0.3 is 21.1 Å². The third-order valence-electron chi connectivity index (χ3n) is 5.17. The van der Waals surface area contributed by atoms with Crippen molar-refractivity contribution in [1.29, 1.82) is 0 Å². The van der Waals surface area contributed by atoms with Gasteiger partial charge in [0.05, 0.1) is 16.7 Å². The summed E-state index contributed by atoms with van der Waals surface area (Å²) in [5.41, 5.74) is 6.55. The Morgan fingerprint density at radius 2 is 1.85 bits per heavy atom. The highest BCUT2D eigenvalue weighted by Crippen LogP contribution is 2.38. The van der Waals surface area contributed by atoms with Crippen LogP contribution in [0.15, 0.2) is 17.4 Å². The van der Waals surface area contributed by atoms with Crippen molar-refractivity contribution in [2.24, 2.45) is 0 Å². The highest BCUT2D eigenvalue weighted by molar-refractivity contribution is 14.2. The Balaban J connectivity index is 1.48. The lowest BCUT2D eigenvalue weighted by Crippen LogP contribution is -2.34. The zero-order valence-corrected chi connectivity index (χ0v) is 16.6. The zero-order valence-electron chi connectivity index (χ0n) is 14.5. The number of urea groups is 1. The van der Waals surface area contributed by atoms with Gasteiger partial charge in [0, 0.05) is 5.69 Å². The second kappa shape index (κ2) is 7.38. The quantitative estimate of drug-likeness (QED) is 0.181. The van der Waals surface area contributed by atoms with Gasteiger partial charge in [0.15, 0.2) is 0 Å². The molecule has 7 heteroatoms. The van der Waals surface area contributed by atoms with E-state index in [0.717, 1.165) is 44.2 Å². The number of carbonyl (C=O) groups excluding carboxylic acids is 2. The number of alkyl halides is 1. The number of aliphatic hydroxyl groups is 1. The van der Waals surface area contributed by atoms with Crippen molar-refractivity contribution < 1.29 is 14.7 Å². The van der Waals surface area contributed by atoms with E-state index in [2.05, 4.69) is 22.0 Å². The Kier molecular flexibility index (Phi) is 4.97. The Morgan fingerprint density at radius 3 is 2.50 bits per heavy atom. The number of benzene rings is 1. The average Bonchev–Trinajstić information content (AvgIpc) is 3.29.